The summed E-state index contributed by atoms with van der Waals surface area (Å²) in [6.45, 7) is 0. The first-order chi connectivity index (χ1) is 14.3. The van der Waals surface area contributed by atoms with Crippen LogP contribution in [0.15, 0.2) is 77.7 Å². The molecule has 0 saturated carbocycles. The fourth-order valence-corrected chi connectivity index (χ4v) is 5.04. The number of nitrogens with zero attached hydrogens (tertiary/aromatic N) is 1. The Morgan fingerprint density at radius 2 is 1.57 bits per heavy atom. The topological polar surface area (TPSA) is 74.3 Å². The molecule has 0 aliphatic heterocycles. The average molecular weight is 428 g/mol. The molecule has 0 unspecified atom stereocenters. The fourth-order valence-electron chi connectivity index (χ4n) is 3.46. The van der Waals surface area contributed by atoms with E-state index in [0.29, 0.717) is 10.9 Å². The molecule has 1 heterocycles. The molecule has 8 heteroatoms. The predicted octanol–water partition coefficient (Wildman–Crippen LogP) is 4.21. The highest BCUT2D eigenvalue weighted by molar-refractivity contribution is 7.90. The lowest BCUT2D eigenvalue weighted by Gasteiger charge is -2.19. The molecule has 4 aromatic rings. The summed E-state index contributed by atoms with van der Waals surface area (Å²) in [5.41, 5.74) is 7.15. The molecule has 0 aliphatic carbocycles. The maximum atomic E-state index is 14.0. The highest BCUT2D eigenvalue weighted by Gasteiger charge is 2.28. The minimum absolute atomic E-state index is 0.0234. The van der Waals surface area contributed by atoms with E-state index in [1.54, 1.807) is 48.5 Å². The van der Waals surface area contributed by atoms with Crippen LogP contribution in [0.5, 0.6) is 5.75 Å². The summed E-state index contributed by atoms with van der Waals surface area (Å²) in [7, 11) is -2.71. The van der Waals surface area contributed by atoms with Crippen LogP contribution in [0, 0.1) is 11.6 Å². The van der Waals surface area contributed by atoms with Gasteiger partial charge >= 0.3 is 0 Å². The lowest BCUT2D eigenvalue weighted by Crippen LogP contribution is -2.22. The number of hydrogen-bond acceptors (Lipinski definition) is 4. The van der Waals surface area contributed by atoms with Gasteiger partial charge in [0, 0.05) is 17.0 Å². The number of ether oxygens (including phenoxy) is 1. The molecule has 154 valence electrons. The maximum absolute atomic E-state index is 14.0. The molecule has 1 aromatic heterocycles. The normalized spacial score (nSPS) is 12.8. The van der Waals surface area contributed by atoms with Crippen molar-refractivity contribution in [3.8, 4) is 5.75 Å². The first-order valence-electron chi connectivity index (χ1n) is 9.04. The summed E-state index contributed by atoms with van der Waals surface area (Å²) in [6.07, 6.45) is 0. The molecular weight excluding hydrogens is 410 g/mol. The number of halogens is 2. The quantitative estimate of drug-likeness (QED) is 0.517. The summed E-state index contributed by atoms with van der Waals surface area (Å²) in [6, 6.07) is 17.2. The van der Waals surface area contributed by atoms with E-state index in [2.05, 4.69) is 0 Å². The zero-order valence-corrected chi connectivity index (χ0v) is 16.7. The Balaban J connectivity index is 2.00. The van der Waals surface area contributed by atoms with Gasteiger partial charge < -0.3 is 10.5 Å². The molecule has 4 rings (SSSR count). The van der Waals surface area contributed by atoms with Crippen LogP contribution < -0.4 is 10.5 Å². The Bertz CT molecular complexity index is 1340. The fraction of sp³-hybridized carbons (Fsp3) is 0.0909. The Labute approximate surface area is 172 Å². The standard InChI is InChI=1S/C22H18F2N2O3S/c1-29-21-13-18(24)17(23)12-16(21)22(25)20-11-14-7-5-6-10-19(14)26(20)30(27,28)15-8-3-2-4-9-15/h2-13,22H,25H2,1H3/t22-/m1/s1. The zero-order valence-electron chi connectivity index (χ0n) is 15.9. The number of fused-ring (bicyclic) bond motifs is 1. The van der Waals surface area contributed by atoms with E-state index in [9.17, 15) is 17.2 Å². The Morgan fingerprint density at radius 3 is 2.27 bits per heavy atom. The molecule has 0 aliphatic rings. The van der Waals surface area contributed by atoms with Gasteiger partial charge in [-0.15, -0.1) is 0 Å². The second kappa shape index (κ2) is 7.55. The number of rotatable bonds is 5. The van der Waals surface area contributed by atoms with Gasteiger partial charge in [-0.25, -0.2) is 21.2 Å². The molecule has 0 amide bonds. The van der Waals surface area contributed by atoms with Crippen LogP contribution in [0.4, 0.5) is 8.78 Å². The van der Waals surface area contributed by atoms with Crippen molar-refractivity contribution in [3.05, 3.63) is 95.7 Å². The lowest BCUT2D eigenvalue weighted by atomic mass is 10.0. The average Bonchev–Trinajstić information content (AvgIpc) is 3.16. The van der Waals surface area contributed by atoms with Gasteiger partial charge in [0.05, 0.1) is 29.3 Å². The minimum Gasteiger partial charge on any atom is -0.496 e. The molecule has 2 N–H and O–H groups in total. The molecule has 5 nitrogen and oxygen atoms in total. The van der Waals surface area contributed by atoms with Crippen LogP contribution in [0.25, 0.3) is 10.9 Å². The number of para-hydroxylation sites is 1. The van der Waals surface area contributed by atoms with Gasteiger partial charge in [-0.2, -0.15) is 0 Å². The third-order valence-corrected chi connectivity index (χ3v) is 6.66. The van der Waals surface area contributed by atoms with Gasteiger partial charge in [0.25, 0.3) is 10.0 Å². The van der Waals surface area contributed by atoms with Gasteiger partial charge in [-0.05, 0) is 30.3 Å². The van der Waals surface area contributed by atoms with Crippen LogP contribution in [0.3, 0.4) is 0 Å². The maximum Gasteiger partial charge on any atom is 0.268 e. The first-order valence-corrected chi connectivity index (χ1v) is 10.5. The van der Waals surface area contributed by atoms with Crippen LogP contribution in [-0.2, 0) is 10.0 Å². The smallest absolute Gasteiger partial charge is 0.268 e. The summed E-state index contributed by atoms with van der Waals surface area (Å²) < 4.78 is 60.9. The van der Waals surface area contributed by atoms with Crippen LogP contribution in [0.1, 0.15) is 17.3 Å². The van der Waals surface area contributed by atoms with E-state index in [1.807, 2.05) is 0 Å². The summed E-state index contributed by atoms with van der Waals surface area (Å²) in [4.78, 5) is 0.0806. The van der Waals surface area contributed by atoms with Crippen molar-refractivity contribution in [2.45, 2.75) is 10.9 Å². The van der Waals surface area contributed by atoms with Gasteiger partial charge in [0.15, 0.2) is 11.6 Å². The molecule has 0 bridgehead atoms. The third kappa shape index (κ3) is 3.24. The zero-order chi connectivity index (χ0) is 21.5. The number of methoxy groups -OCH3 is 1. The largest absolute Gasteiger partial charge is 0.496 e. The number of nitrogens with two attached hydrogens (primary N) is 1. The summed E-state index contributed by atoms with van der Waals surface area (Å²) in [5.74, 6) is -2.16. The number of aromatic nitrogens is 1. The summed E-state index contributed by atoms with van der Waals surface area (Å²) >= 11 is 0. The second-order valence-electron chi connectivity index (χ2n) is 6.70. The Kier molecular flexibility index (Phi) is 5.05. The third-order valence-electron chi connectivity index (χ3n) is 4.90. The molecule has 0 fully saturated rings. The minimum atomic E-state index is -4.02. The second-order valence-corrected chi connectivity index (χ2v) is 8.48. The summed E-state index contributed by atoms with van der Waals surface area (Å²) in [5, 5.41) is 0.643. The Hall–Kier alpha value is -3.23. The van der Waals surface area contributed by atoms with Crippen molar-refractivity contribution >= 4 is 20.9 Å². The van der Waals surface area contributed by atoms with Crippen molar-refractivity contribution in [1.29, 1.82) is 0 Å². The van der Waals surface area contributed by atoms with E-state index >= 15 is 0 Å². The molecular formula is C22H18F2N2O3S. The number of benzene rings is 3. The van der Waals surface area contributed by atoms with E-state index in [-0.39, 0.29) is 21.9 Å². The molecule has 3 aromatic carbocycles. The highest BCUT2D eigenvalue weighted by atomic mass is 32.2. The molecule has 0 saturated heterocycles. The van der Waals surface area contributed by atoms with E-state index in [0.717, 1.165) is 16.1 Å². The predicted molar refractivity (Wildman–Crippen MR) is 110 cm³/mol. The van der Waals surface area contributed by atoms with Crippen molar-refractivity contribution in [1.82, 2.24) is 3.97 Å². The van der Waals surface area contributed by atoms with Crippen LogP contribution in [0.2, 0.25) is 0 Å². The monoisotopic (exact) mass is 428 g/mol. The van der Waals surface area contributed by atoms with Crippen molar-refractivity contribution in [2.75, 3.05) is 7.11 Å². The van der Waals surface area contributed by atoms with E-state index in [4.69, 9.17) is 10.5 Å². The van der Waals surface area contributed by atoms with Crippen molar-refractivity contribution in [2.24, 2.45) is 5.73 Å². The lowest BCUT2D eigenvalue weighted by molar-refractivity contribution is 0.398. The Morgan fingerprint density at radius 1 is 0.933 bits per heavy atom. The van der Waals surface area contributed by atoms with E-state index in [1.165, 1.54) is 19.2 Å². The van der Waals surface area contributed by atoms with Crippen molar-refractivity contribution in [3.63, 3.8) is 0 Å². The first kappa shape index (κ1) is 20.1. The van der Waals surface area contributed by atoms with Crippen molar-refractivity contribution < 1.29 is 21.9 Å². The molecule has 0 radical (unpaired) electrons. The highest BCUT2D eigenvalue weighted by Crippen LogP contribution is 2.35. The van der Waals surface area contributed by atoms with Gasteiger partial charge in [0.1, 0.15) is 5.75 Å². The SMILES string of the molecule is COc1cc(F)c(F)cc1[C@@H](N)c1cc2ccccc2n1S(=O)(=O)c1ccccc1. The van der Waals surface area contributed by atoms with Crippen LogP contribution >= 0.6 is 0 Å². The van der Waals surface area contributed by atoms with Gasteiger partial charge in [0.2, 0.25) is 0 Å². The van der Waals surface area contributed by atoms with Gasteiger partial charge in [-0.1, -0.05) is 36.4 Å². The van der Waals surface area contributed by atoms with Gasteiger partial charge in [-0.3, -0.25) is 0 Å². The van der Waals surface area contributed by atoms with Crippen LogP contribution in [-0.4, -0.2) is 19.5 Å². The molecule has 1 atom stereocenters. The van der Waals surface area contributed by atoms with E-state index < -0.39 is 27.7 Å². The number of hydrogen-bond donors (Lipinski definition) is 1. The molecule has 0 spiro atoms. The molecule has 30 heavy (non-hydrogen) atoms.